The minimum Gasteiger partial charge on any atom is -0.398 e. The molecule has 1 saturated carbocycles. The Labute approximate surface area is 125 Å². The lowest BCUT2D eigenvalue weighted by Gasteiger charge is -2.18. The number of nitrogens with two attached hydrogens (primary N) is 1. The van der Waals surface area contributed by atoms with E-state index in [0.29, 0.717) is 18.4 Å². The normalized spacial score (nSPS) is 22.5. The molecule has 0 amide bonds. The van der Waals surface area contributed by atoms with E-state index in [4.69, 9.17) is 5.73 Å². The largest absolute Gasteiger partial charge is 0.398 e. The average Bonchev–Trinajstić information content (AvgIpc) is 3.03. The highest BCUT2D eigenvalue weighted by Gasteiger charge is 2.36. The van der Waals surface area contributed by atoms with E-state index < -0.39 is 19.9 Å². The molecule has 0 saturated heterocycles. The molecular formula is C13H20N2O4S2. The van der Waals surface area contributed by atoms with Crippen LogP contribution in [0.3, 0.4) is 0 Å². The first-order valence-corrected chi connectivity index (χ1v) is 9.92. The maximum Gasteiger partial charge on any atom is 0.244 e. The predicted octanol–water partition coefficient (Wildman–Crippen LogP) is 0.949. The van der Waals surface area contributed by atoms with Crippen LogP contribution >= 0.6 is 0 Å². The molecule has 0 aromatic heterocycles. The first-order valence-electron chi connectivity index (χ1n) is 6.59. The molecule has 1 aliphatic rings. The van der Waals surface area contributed by atoms with Crippen LogP contribution in [0.25, 0.3) is 0 Å². The summed E-state index contributed by atoms with van der Waals surface area (Å²) in [5.41, 5.74) is 5.78. The van der Waals surface area contributed by atoms with Crippen molar-refractivity contribution in [3.8, 4) is 0 Å². The summed E-state index contributed by atoms with van der Waals surface area (Å²) in [4.78, 5) is -0.204. The lowest BCUT2D eigenvalue weighted by Crippen LogP contribution is -2.30. The number of sulfonamides is 1. The van der Waals surface area contributed by atoms with Crippen molar-refractivity contribution in [1.29, 1.82) is 0 Å². The topological polar surface area (TPSA) is 97.5 Å². The zero-order valence-electron chi connectivity index (χ0n) is 12.3. The summed E-state index contributed by atoms with van der Waals surface area (Å²) < 4.78 is 49.5. The zero-order chi connectivity index (χ0) is 16.0. The van der Waals surface area contributed by atoms with Crippen LogP contribution in [0.4, 0.5) is 5.69 Å². The molecule has 0 spiro atoms. The number of sulfone groups is 1. The molecule has 0 radical (unpaired) electrons. The molecule has 21 heavy (non-hydrogen) atoms. The summed E-state index contributed by atoms with van der Waals surface area (Å²) in [5, 5.41) is 0. The highest BCUT2D eigenvalue weighted by molar-refractivity contribution is 7.91. The van der Waals surface area contributed by atoms with Crippen LogP contribution in [-0.2, 0) is 19.9 Å². The Morgan fingerprint density at radius 3 is 2.33 bits per heavy atom. The number of hydrogen-bond donors (Lipinski definition) is 1. The van der Waals surface area contributed by atoms with E-state index in [1.54, 1.807) is 0 Å². The molecule has 2 atom stereocenters. The third-order valence-corrected chi connectivity index (χ3v) is 6.86. The van der Waals surface area contributed by atoms with Crippen molar-refractivity contribution in [2.24, 2.45) is 11.8 Å². The van der Waals surface area contributed by atoms with Crippen LogP contribution in [0.15, 0.2) is 28.0 Å². The number of nitrogen functional groups attached to an aromatic ring is 1. The molecule has 6 nitrogen and oxygen atoms in total. The number of benzene rings is 1. The fraction of sp³-hybridized carbons (Fsp3) is 0.538. The Morgan fingerprint density at radius 2 is 1.86 bits per heavy atom. The number of rotatable bonds is 5. The Kier molecular flexibility index (Phi) is 4.07. The van der Waals surface area contributed by atoms with Gasteiger partial charge in [-0.2, -0.15) is 0 Å². The van der Waals surface area contributed by atoms with Crippen molar-refractivity contribution in [1.82, 2.24) is 4.31 Å². The molecule has 8 heteroatoms. The molecule has 1 fully saturated rings. The first-order chi connectivity index (χ1) is 9.53. The summed E-state index contributed by atoms with van der Waals surface area (Å²) in [6, 6.07) is 3.76. The molecule has 2 unspecified atom stereocenters. The molecule has 0 aliphatic heterocycles. The maximum atomic E-state index is 12.6. The second kappa shape index (κ2) is 5.26. The highest BCUT2D eigenvalue weighted by atomic mass is 32.2. The molecule has 0 heterocycles. The summed E-state index contributed by atoms with van der Waals surface area (Å²) in [6.45, 7) is 2.50. The van der Waals surface area contributed by atoms with Crippen molar-refractivity contribution in [2.45, 2.75) is 23.1 Å². The Bertz CT molecular complexity index is 756. The quantitative estimate of drug-likeness (QED) is 0.810. The van der Waals surface area contributed by atoms with Gasteiger partial charge in [0.15, 0.2) is 9.84 Å². The molecule has 1 aliphatic carbocycles. The van der Waals surface area contributed by atoms with Crippen molar-refractivity contribution in [2.75, 3.05) is 25.6 Å². The SMILES string of the molecule is CC1CC1CN(C)S(=O)(=O)c1cc(S(C)(=O)=O)ccc1N. The van der Waals surface area contributed by atoms with E-state index in [1.165, 1.54) is 23.5 Å². The summed E-state index contributed by atoms with van der Waals surface area (Å²) in [6.07, 6.45) is 2.04. The molecule has 1 aromatic rings. The van der Waals surface area contributed by atoms with Gasteiger partial charge in [-0.3, -0.25) is 0 Å². The Balaban J connectivity index is 2.39. The second-order valence-electron chi connectivity index (χ2n) is 5.73. The molecule has 1 aromatic carbocycles. The molecule has 118 valence electrons. The van der Waals surface area contributed by atoms with Gasteiger partial charge >= 0.3 is 0 Å². The Morgan fingerprint density at radius 1 is 1.29 bits per heavy atom. The molecule has 2 N–H and O–H groups in total. The van der Waals surface area contributed by atoms with Gasteiger partial charge < -0.3 is 5.73 Å². The second-order valence-corrected chi connectivity index (χ2v) is 9.76. The van der Waals surface area contributed by atoms with Gasteiger partial charge in [-0.15, -0.1) is 0 Å². The molecule has 2 rings (SSSR count). The van der Waals surface area contributed by atoms with Crippen LogP contribution in [0.5, 0.6) is 0 Å². The average molecular weight is 332 g/mol. The van der Waals surface area contributed by atoms with Crippen LogP contribution in [0, 0.1) is 11.8 Å². The van der Waals surface area contributed by atoms with E-state index in [-0.39, 0.29) is 15.5 Å². The lowest BCUT2D eigenvalue weighted by molar-refractivity contribution is 0.445. The number of hydrogen-bond acceptors (Lipinski definition) is 5. The lowest BCUT2D eigenvalue weighted by atomic mass is 10.3. The smallest absolute Gasteiger partial charge is 0.244 e. The predicted molar refractivity (Wildman–Crippen MR) is 81.1 cm³/mol. The minimum absolute atomic E-state index is 0.0523. The summed E-state index contributed by atoms with van der Waals surface area (Å²) in [5.74, 6) is 0.895. The van der Waals surface area contributed by atoms with Gasteiger partial charge in [0.05, 0.1) is 10.6 Å². The van der Waals surface area contributed by atoms with Gasteiger partial charge in [0.1, 0.15) is 4.90 Å². The van der Waals surface area contributed by atoms with Gasteiger partial charge in [-0.1, -0.05) is 6.92 Å². The summed E-state index contributed by atoms with van der Waals surface area (Å²) in [7, 11) is -5.78. The van der Waals surface area contributed by atoms with Gasteiger partial charge in [-0.05, 0) is 36.5 Å². The van der Waals surface area contributed by atoms with Gasteiger partial charge in [0.25, 0.3) is 0 Å². The van der Waals surface area contributed by atoms with Crippen LogP contribution < -0.4 is 5.73 Å². The third-order valence-electron chi connectivity index (χ3n) is 3.87. The monoisotopic (exact) mass is 332 g/mol. The number of anilines is 1. The van der Waals surface area contributed by atoms with Crippen molar-refractivity contribution >= 4 is 25.5 Å². The molecular weight excluding hydrogens is 312 g/mol. The third kappa shape index (κ3) is 3.38. The van der Waals surface area contributed by atoms with Gasteiger partial charge in [-0.25, -0.2) is 21.1 Å². The van der Waals surface area contributed by atoms with Crippen molar-refractivity contribution < 1.29 is 16.8 Å². The van der Waals surface area contributed by atoms with Crippen LogP contribution in [0.2, 0.25) is 0 Å². The fourth-order valence-corrected chi connectivity index (χ4v) is 4.31. The minimum atomic E-state index is -3.79. The van der Waals surface area contributed by atoms with E-state index >= 15 is 0 Å². The van der Waals surface area contributed by atoms with Crippen molar-refractivity contribution in [3.63, 3.8) is 0 Å². The van der Waals surface area contributed by atoms with Gasteiger partial charge in [0.2, 0.25) is 10.0 Å². The standard InChI is InChI=1S/C13H20N2O4S2/c1-9-6-10(9)8-15(2)21(18,19)13-7-11(20(3,16)17)4-5-12(13)14/h4-5,7,9-10H,6,8,14H2,1-3H3. The van der Waals surface area contributed by atoms with Gasteiger partial charge in [0, 0.05) is 19.8 Å². The summed E-state index contributed by atoms with van der Waals surface area (Å²) >= 11 is 0. The Hall–Kier alpha value is -1.12. The molecule has 0 bridgehead atoms. The van der Waals surface area contributed by atoms with E-state index in [0.717, 1.165) is 18.7 Å². The fourth-order valence-electron chi connectivity index (χ4n) is 2.22. The van der Waals surface area contributed by atoms with Crippen molar-refractivity contribution in [3.05, 3.63) is 18.2 Å². The van der Waals surface area contributed by atoms with E-state index in [1.807, 2.05) is 0 Å². The zero-order valence-corrected chi connectivity index (χ0v) is 13.9. The van der Waals surface area contributed by atoms with Crippen LogP contribution in [0.1, 0.15) is 13.3 Å². The van der Waals surface area contributed by atoms with Crippen LogP contribution in [-0.4, -0.2) is 41.0 Å². The number of nitrogens with zero attached hydrogens (tertiary/aromatic N) is 1. The first kappa shape index (κ1) is 16.3. The highest BCUT2D eigenvalue weighted by Crippen LogP contribution is 2.39. The van der Waals surface area contributed by atoms with E-state index in [9.17, 15) is 16.8 Å². The maximum absolute atomic E-state index is 12.6. The van der Waals surface area contributed by atoms with E-state index in [2.05, 4.69) is 6.92 Å².